The predicted octanol–water partition coefficient (Wildman–Crippen LogP) is 4.01. The summed E-state index contributed by atoms with van der Waals surface area (Å²) in [7, 11) is 0.660. The van der Waals surface area contributed by atoms with E-state index in [1.165, 1.54) is 6.26 Å². The van der Waals surface area contributed by atoms with Crippen LogP contribution in [0.5, 0.6) is 0 Å². The van der Waals surface area contributed by atoms with Crippen molar-refractivity contribution in [3.05, 3.63) is 60.3 Å². The second-order valence-electron chi connectivity index (χ2n) is 8.97. The van der Waals surface area contributed by atoms with Gasteiger partial charge in [-0.15, -0.1) is 0 Å². The molecule has 0 aliphatic rings. The van der Waals surface area contributed by atoms with Gasteiger partial charge in [-0.05, 0) is 35.9 Å². The van der Waals surface area contributed by atoms with Gasteiger partial charge in [0.1, 0.15) is 11.3 Å². The minimum absolute atomic E-state index is 0.00794. The van der Waals surface area contributed by atoms with Crippen molar-refractivity contribution in [1.29, 1.82) is 0 Å². The first-order chi connectivity index (χ1) is 17.0. The molecule has 4 aromatic rings. The Hall–Kier alpha value is -3.99. The fraction of sp³-hybridized carbons (Fsp3) is 0.280. The lowest BCUT2D eigenvalue weighted by molar-refractivity contribution is -0.118. The van der Waals surface area contributed by atoms with Crippen LogP contribution in [0.2, 0.25) is 0 Å². The van der Waals surface area contributed by atoms with Gasteiger partial charge >= 0.3 is 0 Å². The number of aryl methyl sites for hydroxylation is 1. The fourth-order valence-corrected chi connectivity index (χ4v) is 4.47. The SMILES string of the molecule is CC(C)C(=O)Nc1nc2c(N(C)c3ccnc(Nc4ccc(CS(C)(=O)=O)cc4)n3)cccc2n1C. The van der Waals surface area contributed by atoms with E-state index in [9.17, 15) is 13.2 Å². The summed E-state index contributed by atoms with van der Waals surface area (Å²) in [4.78, 5) is 27.8. The zero-order valence-electron chi connectivity index (χ0n) is 20.8. The summed E-state index contributed by atoms with van der Waals surface area (Å²) in [6.07, 6.45) is 2.87. The van der Waals surface area contributed by atoms with E-state index in [1.807, 2.05) is 55.6 Å². The Bertz CT molecular complexity index is 1510. The van der Waals surface area contributed by atoms with Gasteiger partial charge in [-0.25, -0.2) is 18.4 Å². The third-order valence-electron chi connectivity index (χ3n) is 5.63. The molecule has 0 saturated heterocycles. The average Bonchev–Trinajstić information content (AvgIpc) is 3.14. The Morgan fingerprint density at radius 2 is 1.81 bits per heavy atom. The summed E-state index contributed by atoms with van der Waals surface area (Å²) in [6, 6.07) is 14.7. The van der Waals surface area contributed by atoms with Crippen molar-refractivity contribution in [2.24, 2.45) is 13.0 Å². The molecule has 36 heavy (non-hydrogen) atoms. The lowest BCUT2D eigenvalue weighted by Gasteiger charge is -2.19. The molecule has 0 bridgehead atoms. The number of benzene rings is 2. The van der Waals surface area contributed by atoms with Crippen LogP contribution in [-0.4, -0.2) is 47.1 Å². The molecule has 2 aromatic heterocycles. The highest BCUT2D eigenvalue weighted by atomic mass is 32.2. The molecule has 1 amide bonds. The minimum Gasteiger partial charge on any atom is -0.327 e. The molecule has 2 N–H and O–H groups in total. The summed E-state index contributed by atoms with van der Waals surface area (Å²) in [5.74, 6) is 1.26. The molecule has 0 atom stereocenters. The summed E-state index contributed by atoms with van der Waals surface area (Å²) in [5.41, 5.74) is 3.88. The van der Waals surface area contributed by atoms with Crippen LogP contribution >= 0.6 is 0 Å². The Balaban J connectivity index is 1.59. The molecule has 4 rings (SSSR count). The molecule has 0 fully saturated rings. The number of hydrogen-bond acceptors (Lipinski definition) is 8. The lowest BCUT2D eigenvalue weighted by atomic mass is 10.2. The van der Waals surface area contributed by atoms with E-state index in [4.69, 9.17) is 4.98 Å². The van der Waals surface area contributed by atoms with Crippen LogP contribution in [0.1, 0.15) is 19.4 Å². The normalized spacial score (nSPS) is 11.6. The highest BCUT2D eigenvalue weighted by Crippen LogP contribution is 2.31. The van der Waals surface area contributed by atoms with Crippen LogP contribution in [0.4, 0.5) is 29.1 Å². The van der Waals surface area contributed by atoms with Gasteiger partial charge in [-0.3, -0.25) is 10.1 Å². The number of amides is 1. The molecule has 0 radical (unpaired) electrons. The number of carbonyl (C=O) groups is 1. The Labute approximate surface area is 210 Å². The number of anilines is 5. The van der Waals surface area contributed by atoms with Gasteiger partial charge in [-0.2, -0.15) is 4.98 Å². The summed E-state index contributed by atoms with van der Waals surface area (Å²) in [5, 5.41) is 6.04. The number of fused-ring (bicyclic) bond motifs is 1. The van der Waals surface area contributed by atoms with E-state index in [-0.39, 0.29) is 17.6 Å². The highest BCUT2D eigenvalue weighted by molar-refractivity contribution is 7.89. The number of nitrogens with zero attached hydrogens (tertiary/aromatic N) is 5. The van der Waals surface area contributed by atoms with Gasteiger partial charge in [0.05, 0.1) is 17.0 Å². The van der Waals surface area contributed by atoms with Crippen molar-refractivity contribution in [1.82, 2.24) is 19.5 Å². The van der Waals surface area contributed by atoms with Crippen molar-refractivity contribution in [3.8, 4) is 0 Å². The Kier molecular flexibility index (Phi) is 6.93. The van der Waals surface area contributed by atoms with E-state index in [0.29, 0.717) is 23.3 Å². The fourth-order valence-electron chi connectivity index (χ4n) is 3.67. The van der Waals surface area contributed by atoms with E-state index in [0.717, 1.165) is 22.4 Å². The topological polar surface area (TPSA) is 122 Å². The number of sulfone groups is 1. The Morgan fingerprint density at radius 3 is 2.47 bits per heavy atom. The van der Waals surface area contributed by atoms with Crippen LogP contribution in [0.25, 0.3) is 11.0 Å². The van der Waals surface area contributed by atoms with E-state index in [1.54, 1.807) is 36.5 Å². The van der Waals surface area contributed by atoms with E-state index in [2.05, 4.69) is 20.6 Å². The molecule has 2 aromatic carbocycles. The first kappa shape index (κ1) is 25.1. The predicted molar refractivity (Wildman–Crippen MR) is 143 cm³/mol. The zero-order valence-corrected chi connectivity index (χ0v) is 21.7. The zero-order chi connectivity index (χ0) is 26.0. The Morgan fingerprint density at radius 1 is 1.08 bits per heavy atom. The number of nitrogens with one attached hydrogen (secondary N) is 2. The second kappa shape index (κ2) is 9.94. The van der Waals surface area contributed by atoms with Crippen LogP contribution in [0.15, 0.2) is 54.7 Å². The van der Waals surface area contributed by atoms with Crippen LogP contribution in [0, 0.1) is 5.92 Å². The van der Waals surface area contributed by atoms with Gasteiger partial charge in [0.25, 0.3) is 0 Å². The molecule has 0 unspecified atom stereocenters. The number of hydrogen-bond donors (Lipinski definition) is 2. The average molecular weight is 508 g/mol. The van der Waals surface area contributed by atoms with Crippen molar-refractivity contribution in [2.45, 2.75) is 19.6 Å². The van der Waals surface area contributed by atoms with Crippen molar-refractivity contribution in [3.63, 3.8) is 0 Å². The monoisotopic (exact) mass is 507 g/mol. The summed E-state index contributed by atoms with van der Waals surface area (Å²) in [6.45, 7) is 3.67. The maximum atomic E-state index is 12.2. The number of carbonyl (C=O) groups excluding carboxylic acids is 1. The molecule has 2 heterocycles. The third-order valence-corrected chi connectivity index (χ3v) is 6.49. The van der Waals surface area contributed by atoms with Gasteiger partial charge in [0.15, 0.2) is 9.84 Å². The van der Waals surface area contributed by atoms with Crippen LogP contribution in [-0.2, 0) is 27.4 Å². The molecule has 0 aliphatic carbocycles. The van der Waals surface area contributed by atoms with E-state index >= 15 is 0 Å². The number of imidazole rings is 1. The first-order valence-corrected chi connectivity index (χ1v) is 13.4. The molecule has 0 spiro atoms. The maximum Gasteiger partial charge on any atom is 0.229 e. The second-order valence-corrected chi connectivity index (χ2v) is 11.1. The van der Waals surface area contributed by atoms with Crippen molar-refractivity contribution < 1.29 is 13.2 Å². The lowest BCUT2D eigenvalue weighted by Crippen LogP contribution is -2.19. The molecule has 0 aliphatic heterocycles. The molecule has 0 saturated carbocycles. The van der Waals surface area contributed by atoms with Gasteiger partial charge < -0.3 is 14.8 Å². The first-order valence-electron chi connectivity index (χ1n) is 11.4. The number of rotatable bonds is 8. The molecular weight excluding hydrogens is 478 g/mol. The smallest absolute Gasteiger partial charge is 0.229 e. The highest BCUT2D eigenvalue weighted by Gasteiger charge is 2.18. The standard InChI is InChI=1S/C25H29N7O3S/c1-16(2)23(33)30-25-29-22-19(7-6-8-20(22)32(25)4)31(3)21-13-14-26-24(28-21)27-18-11-9-17(10-12-18)15-36(5,34)35/h6-14,16H,15H2,1-5H3,(H,26,27,28)(H,29,30,33). The third kappa shape index (κ3) is 5.62. The van der Waals surface area contributed by atoms with Gasteiger partial charge in [0.2, 0.25) is 17.8 Å². The maximum absolute atomic E-state index is 12.2. The van der Waals surface area contributed by atoms with Crippen LogP contribution < -0.4 is 15.5 Å². The molecule has 10 nitrogen and oxygen atoms in total. The number of para-hydroxylation sites is 1. The van der Waals surface area contributed by atoms with Crippen LogP contribution in [0.3, 0.4) is 0 Å². The minimum atomic E-state index is -3.10. The molecule has 188 valence electrons. The number of aromatic nitrogens is 4. The van der Waals surface area contributed by atoms with Gasteiger partial charge in [-0.1, -0.05) is 32.0 Å². The largest absolute Gasteiger partial charge is 0.327 e. The van der Waals surface area contributed by atoms with E-state index < -0.39 is 9.84 Å². The summed E-state index contributed by atoms with van der Waals surface area (Å²) >= 11 is 0. The summed E-state index contributed by atoms with van der Waals surface area (Å²) < 4.78 is 24.9. The quantitative estimate of drug-likeness (QED) is 0.367. The van der Waals surface area contributed by atoms with Gasteiger partial charge in [0, 0.05) is 38.2 Å². The van der Waals surface area contributed by atoms with Crippen molar-refractivity contribution in [2.75, 3.05) is 28.8 Å². The molecular formula is C25H29N7O3S. The molecule has 11 heteroatoms. The van der Waals surface area contributed by atoms with Crippen molar-refractivity contribution >= 4 is 55.9 Å².